The Hall–Kier alpha value is -1.98. The minimum atomic E-state index is 0.0173. The topological polar surface area (TPSA) is 50.4 Å². The number of nitrogens with one attached hydrogen (secondary N) is 2. The highest BCUT2D eigenvalue weighted by atomic mass is 32.2. The summed E-state index contributed by atoms with van der Waals surface area (Å²) in [6.45, 7) is 2.07. The standard InChI is InChI=1S/C20H24N2O2S/c1-14(13-20(23)22-15-7-9-16(24-2)10-8-15)21-18-11-12-25-19-6-4-3-5-17(18)19/h3-10,14,18,21H,11-13H2,1-2H3,(H,22,23). The second-order valence-corrected chi connectivity index (χ2v) is 7.41. The zero-order valence-corrected chi connectivity index (χ0v) is 15.4. The number of hydrogen-bond acceptors (Lipinski definition) is 4. The van der Waals surface area contributed by atoms with Gasteiger partial charge in [-0.05, 0) is 55.0 Å². The highest BCUT2D eigenvalue weighted by molar-refractivity contribution is 7.99. The number of amides is 1. The summed E-state index contributed by atoms with van der Waals surface area (Å²) in [7, 11) is 1.63. The van der Waals surface area contributed by atoms with E-state index in [9.17, 15) is 4.79 Å². The predicted molar refractivity (Wildman–Crippen MR) is 103 cm³/mol. The summed E-state index contributed by atoms with van der Waals surface area (Å²) in [4.78, 5) is 13.6. The normalized spacial score (nSPS) is 17.4. The molecule has 0 saturated heterocycles. The molecule has 0 saturated carbocycles. The van der Waals surface area contributed by atoms with Gasteiger partial charge in [-0.25, -0.2) is 0 Å². The molecule has 2 atom stereocenters. The van der Waals surface area contributed by atoms with Crippen LogP contribution in [-0.2, 0) is 4.79 Å². The molecule has 4 nitrogen and oxygen atoms in total. The molecular formula is C20H24N2O2S. The number of carbonyl (C=O) groups excluding carboxylic acids is 1. The molecule has 1 amide bonds. The molecule has 0 radical (unpaired) electrons. The van der Waals surface area contributed by atoms with Crippen molar-refractivity contribution in [1.82, 2.24) is 5.32 Å². The van der Waals surface area contributed by atoms with Gasteiger partial charge in [-0.1, -0.05) is 18.2 Å². The molecule has 25 heavy (non-hydrogen) atoms. The van der Waals surface area contributed by atoms with Crippen molar-refractivity contribution in [2.75, 3.05) is 18.2 Å². The maximum Gasteiger partial charge on any atom is 0.225 e. The number of carbonyl (C=O) groups is 1. The first-order valence-electron chi connectivity index (χ1n) is 8.57. The monoisotopic (exact) mass is 356 g/mol. The van der Waals surface area contributed by atoms with Gasteiger partial charge in [0.25, 0.3) is 0 Å². The highest BCUT2D eigenvalue weighted by Crippen LogP contribution is 2.36. The lowest BCUT2D eigenvalue weighted by molar-refractivity contribution is -0.116. The van der Waals surface area contributed by atoms with E-state index >= 15 is 0 Å². The van der Waals surface area contributed by atoms with Crippen molar-refractivity contribution in [3.05, 3.63) is 54.1 Å². The molecule has 0 aromatic heterocycles. The van der Waals surface area contributed by atoms with E-state index in [1.54, 1.807) is 7.11 Å². The zero-order valence-electron chi connectivity index (χ0n) is 14.6. The zero-order chi connectivity index (χ0) is 17.6. The largest absolute Gasteiger partial charge is 0.497 e. The van der Waals surface area contributed by atoms with Gasteiger partial charge in [0.2, 0.25) is 5.91 Å². The van der Waals surface area contributed by atoms with Gasteiger partial charge in [0.05, 0.1) is 7.11 Å². The maximum absolute atomic E-state index is 12.3. The Balaban J connectivity index is 1.53. The van der Waals surface area contributed by atoms with Crippen molar-refractivity contribution < 1.29 is 9.53 Å². The molecule has 2 aromatic carbocycles. The Morgan fingerprint density at radius 1 is 1.24 bits per heavy atom. The van der Waals surface area contributed by atoms with Crippen molar-refractivity contribution in [2.24, 2.45) is 0 Å². The van der Waals surface area contributed by atoms with Crippen LogP contribution < -0.4 is 15.4 Å². The summed E-state index contributed by atoms with van der Waals surface area (Å²) in [5, 5.41) is 6.56. The molecule has 1 heterocycles. The van der Waals surface area contributed by atoms with Gasteiger partial charge in [0.15, 0.2) is 0 Å². The van der Waals surface area contributed by atoms with E-state index in [0.29, 0.717) is 12.5 Å². The van der Waals surface area contributed by atoms with Crippen LogP contribution in [0.1, 0.15) is 31.4 Å². The van der Waals surface area contributed by atoms with Crippen molar-refractivity contribution in [1.29, 1.82) is 0 Å². The van der Waals surface area contributed by atoms with Gasteiger partial charge in [-0.3, -0.25) is 4.79 Å². The molecule has 2 aromatic rings. The van der Waals surface area contributed by atoms with Gasteiger partial charge in [-0.15, -0.1) is 11.8 Å². The van der Waals surface area contributed by atoms with E-state index in [1.165, 1.54) is 10.5 Å². The van der Waals surface area contributed by atoms with Crippen LogP contribution in [0, 0.1) is 0 Å². The van der Waals surface area contributed by atoms with Crippen LogP contribution in [0.15, 0.2) is 53.4 Å². The second kappa shape index (κ2) is 8.41. The summed E-state index contributed by atoms with van der Waals surface area (Å²) in [5.74, 6) is 1.91. The first-order chi connectivity index (χ1) is 12.2. The summed E-state index contributed by atoms with van der Waals surface area (Å²) < 4.78 is 5.13. The van der Waals surface area contributed by atoms with Crippen LogP contribution in [0.4, 0.5) is 5.69 Å². The van der Waals surface area contributed by atoms with Gasteiger partial charge < -0.3 is 15.4 Å². The third-order valence-corrected chi connectivity index (χ3v) is 5.43. The third-order valence-electron chi connectivity index (χ3n) is 4.31. The van der Waals surface area contributed by atoms with Gasteiger partial charge in [-0.2, -0.15) is 0 Å². The fourth-order valence-electron chi connectivity index (χ4n) is 3.08. The first-order valence-corrected chi connectivity index (χ1v) is 9.56. The lowest BCUT2D eigenvalue weighted by Crippen LogP contribution is -2.35. The fourth-order valence-corrected chi connectivity index (χ4v) is 4.21. The Morgan fingerprint density at radius 3 is 2.76 bits per heavy atom. The lowest BCUT2D eigenvalue weighted by Gasteiger charge is -2.28. The molecule has 2 N–H and O–H groups in total. The van der Waals surface area contributed by atoms with E-state index in [2.05, 4.69) is 41.8 Å². The number of rotatable bonds is 6. The molecule has 0 spiro atoms. The predicted octanol–water partition coefficient (Wildman–Crippen LogP) is 4.24. The van der Waals surface area contributed by atoms with E-state index in [4.69, 9.17) is 4.74 Å². The van der Waals surface area contributed by atoms with Crippen LogP contribution in [0.5, 0.6) is 5.75 Å². The summed E-state index contributed by atoms with van der Waals surface area (Å²) in [5.41, 5.74) is 2.14. The molecule has 3 rings (SSSR count). The van der Waals surface area contributed by atoms with Crippen LogP contribution in [0.25, 0.3) is 0 Å². The Kier molecular flexibility index (Phi) is 6.00. The van der Waals surface area contributed by atoms with Crippen molar-refractivity contribution >= 4 is 23.4 Å². The quantitative estimate of drug-likeness (QED) is 0.813. The average molecular weight is 356 g/mol. The Bertz CT molecular complexity index is 718. The summed E-state index contributed by atoms with van der Waals surface area (Å²) in [6.07, 6.45) is 1.53. The van der Waals surface area contributed by atoms with Crippen molar-refractivity contribution in [2.45, 2.75) is 36.7 Å². The molecule has 5 heteroatoms. The molecule has 132 valence electrons. The molecule has 1 aliphatic heterocycles. The van der Waals surface area contributed by atoms with E-state index in [1.807, 2.05) is 36.0 Å². The van der Waals surface area contributed by atoms with Crippen molar-refractivity contribution in [3.63, 3.8) is 0 Å². The molecule has 1 aliphatic rings. The third kappa shape index (κ3) is 4.77. The number of anilines is 1. The van der Waals surface area contributed by atoms with Crippen LogP contribution >= 0.6 is 11.8 Å². The SMILES string of the molecule is COc1ccc(NC(=O)CC(C)NC2CCSc3ccccc32)cc1. The Labute approximate surface area is 153 Å². The van der Waals surface area contributed by atoms with Crippen LogP contribution in [-0.4, -0.2) is 24.8 Å². The fraction of sp³-hybridized carbons (Fsp3) is 0.350. The van der Waals surface area contributed by atoms with Crippen LogP contribution in [0.2, 0.25) is 0 Å². The molecular weight excluding hydrogens is 332 g/mol. The number of hydrogen-bond donors (Lipinski definition) is 2. The molecule has 0 bridgehead atoms. The van der Waals surface area contributed by atoms with Gasteiger partial charge >= 0.3 is 0 Å². The van der Waals surface area contributed by atoms with E-state index in [-0.39, 0.29) is 11.9 Å². The van der Waals surface area contributed by atoms with Gasteiger partial charge in [0.1, 0.15) is 5.75 Å². The highest BCUT2D eigenvalue weighted by Gasteiger charge is 2.22. The lowest BCUT2D eigenvalue weighted by atomic mass is 10.0. The molecule has 2 unspecified atom stereocenters. The minimum absolute atomic E-state index is 0.0173. The summed E-state index contributed by atoms with van der Waals surface area (Å²) in [6, 6.07) is 16.3. The van der Waals surface area contributed by atoms with E-state index in [0.717, 1.165) is 23.6 Å². The van der Waals surface area contributed by atoms with Gasteiger partial charge in [0, 0.05) is 29.1 Å². The van der Waals surface area contributed by atoms with E-state index < -0.39 is 0 Å². The minimum Gasteiger partial charge on any atom is -0.497 e. The Morgan fingerprint density at radius 2 is 2.00 bits per heavy atom. The molecule has 0 fully saturated rings. The molecule has 0 aliphatic carbocycles. The number of benzene rings is 2. The number of thioether (sulfide) groups is 1. The summed E-state index contributed by atoms with van der Waals surface area (Å²) >= 11 is 1.91. The maximum atomic E-state index is 12.3. The number of methoxy groups -OCH3 is 1. The first kappa shape index (κ1) is 17.8. The van der Waals surface area contributed by atoms with Crippen molar-refractivity contribution in [3.8, 4) is 5.75 Å². The smallest absolute Gasteiger partial charge is 0.225 e. The second-order valence-electron chi connectivity index (χ2n) is 6.28. The number of fused-ring (bicyclic) bond motifs is 1. The average Bonchev–Trinajstić information content (AvgIpc) is 2.62. The number of ether oxygens (including phenoxy) is 1. The van der Waals surface area contributed by atoms with Crippen LogP contribution in [0.3, 0.4) is 0 Å².